The van der Waals surface area contributed by atoms with E-state index in [9.17, 15) is 4.39 Å². The maximum absolute atomic E-state index is 13.0. The summed E-state index contributed by atoms with van der Waals surface area (Å²) in [7, 11) is 0. The Hall–Kier alpha value is -1.71. The molecule has 0 aliphatic heterocycles. The molecule has 72 valence electrons. The van der Waals surface area contributed by atoms with Crippen molar-refractivity contribution in [2.45, 2.75) is 13.8 Å². The van der Waals surface area contributed by atoms with Gasteiger partial charge in [0.1, 0.15) is 5.82 Å². The number of rotatable bonds is 1. The zero-order chi connectivity index (χ0) is 10.1. The molecule has 0 saturated heterocycles. The highest BCUT2D eigenvalue weighted by Gasteiger charge is 2.07. The predicted molar refractivity (Wildman–Crippen MR) is 49.2 cm³/mol. The second-order valence-corrected chi connectivity index (χ2v) is 3.16. The van der Waals surface area contributed by atoms with E-state index < -0.39 is 0 Å². The van der Waals surface area contributed by atoms with Crippen LogP contribution in [0.4, 0.5) is 4.39 Å². The van der Waals surface area contributed by atoms with Crippen molar-refractivity contribution < 1.29 is 8.91 Å². The summed E-state index contributed by atoms with van der Waals surface area (Å²) in [6.45, 7) is 3.54. The molecule has 0 aliphatic carbocycles. The molecular formula is C10H9FN2O. The minimum Gasteiger partial charge on any atom is -0.334 e. The summed E-state index contributed by atoms with van der Waals surface area (Å²) >= 11 is 0. The first-order valence-electron chi connectivity index (χ1n) is 4.23. The van der Waals surface area contributed by atoms with Crippen molar-refractivity contribution in [2.24, 2.45) is 0 Å². The van der Waals surface area contributed by atoms with Crippen LogP contribution in [0.15, 0.2) is 22.7 Å². The first kappa shape index (κ1) is 8.87. The van der Waals surface area contributed by atoms with Crippen molar-refractivity contribution in [2.75, 3.05) is 0 Å². The van der Waals surface area contributed by atoms with Crippen LogP contribution in [-0.4, -0.2) is 10.1 Å². The smallest absolute Gasteiger partial charge is 0.258 e. The van der Waals surface area contributed by atoms with Crippen LogP contribution in [0.3, 0.4) is 0 Å². The average Bonchev–Trinajstić information content (AvgIpc) is 2.50. The van der Waals surface area contributed by atoms with Crippen LogP contribution in [-0.2, 0) is 0 Å². The third-order valence-electron chi connectivity index (χ3n) is 1.82. The van der Waals surface area contributed by atoms with Gasteiger partial charge in [-0.1, -0.05) is 5.16 Å². The Morgan fingerprint density at radius 3 is 2.57 bits per heavy atom. The van der Waals surface area contributed by atoms with Gasteiger partial charge in [0.05, 0.1) is 0 Å². The van der Waals surface area contributed by atoms with Crippen LogP contribution in [0.1, 0.15) is 11.4 Å². The summed E-state index contributed by atoms with van der Waals surface area (Å²) in [6, 6.07) is 4.63. The van der Waals surface area contributed by atoms with Crippen LogP contribution < -0.4 is 0 Å². The lowest BCUT2D eigenvalue weighted by molar-refractivity contribution is 0.425. The van der Waals surface area contributed by atoms with Gasteiger partial charge in [0.15, 0.2) is 5.82 Å². The lowest BCUT2D eigenvalue weighted by atomic mass is 10.1. The summed E-state index contributed by atoms with van der Waals surface area (Å²) in [6.07, 6.45) is 0. The fraction of sp³-hybridized carbons (Fsp3) is 0.200. The molecule has 1 aromatic carbocycles. The normalized spacial score (nSPS) is 10.5. The Morgan fingerprint density at radius 1 is 1.21 bits per heavy atom. The van der Waals surface area contributed by atoms with E-state index in [2.05, 4.69) is 10.1 Å². The summed E-state index contributed by atoms with van der Waals surface area (Å²) in [5.41, 5.74) is 1.44. The van der Waals surface area contributed by atoms with Gasteiger partial charge in [-0.05, 0) is 37.6 Å². The Kier molecular flexibility index (Phi) is 2.04. The van der Waals surface area contributed by atoms with Gasteiger partial charge in [0.25, 0.3) is 5.89 Å². The largest absolute Gasteiger partial charge is 0.334 e. The fourth-order valence-electron chi connectivity index (χ4n) is 1.27. The molecule has 0 saturated carbocycles. The maximum Gasteiger partial charge on any atom is 0.258 e. The van der Waals surface area contributed by atoms with Crippen molar-refractivity contribution in [1.29, 1.82) is 0 Å². The molecule has 2 aromatic rings. The number of hydrogen-bond acceptors (Lipinski definition) is 3. The van der Waals surface area contributed by atoms with Gasteiger partial charge < -0.3 is 4.52 Å². The monoisotopic (exact) mass is 192 g/mol. The van der Waals surface area contributed by atoms with Gasteiger partial charge in [0, 0.05) is 5.56 Å². The minimum absolute atomic E-state index is 0.296. The summed E-state index contributed by atoms with van der Waals surface area (Å²) in [4.78, 5) is 4.02. The first-order chi connectivity index (χ1) is 6.65. The van der Waals surface area contributed by atoms with Crippen molar-refractivity contribution in [3.63, 3.8) is 0 Å². The van der Waals surface area contributed by atoms with Crippen LogP contribution in [0.5, 0.6) is 0 Å². The molecule has 0 spiro atoms. The predicted octanol–water partition coefficient (Wildman–Crippen LogP) is 2.49. The molecule has 0 aliphatic rings. The van der Waals surface area contributed by atoms with E-state index in [1.807, 2.05) is 6.92 Å². The van der Waals surface area contributed by atoms with E-state index in [1.165, 1.54) is 12.1 Å². The van der Waals surface area contributed by atoms with Gasteiger partial charge in [-0.2, -0.15) is 4.98 Å². The lowest BCUT2D eigenvalue weighted by Gasteiger charge is -1.97. The Bertz CT molecular complexity index is 445. The topological polar surface area (TPSA) is 38.9 Å². The quantitative estimate of drug-likeness (QED) is 0.696. The molecule has 0 N–H and O–H groups in total. The molecule has 0 amide bonds. The fourth-order valence-corrected chi connectivity index (χ4v) is 1.27. The van der Waals surface area contributed by atoms with Crippen LogP contribution in [0.2, 0.25) is 0 Å². The van der Waals surface area contributed by atoms with Gasteiger partial charge in [0.2, 0.25) is 0 Å². The van der Waals surface area contributed by atoms with Gasteiger partial charge in [-0.25, -0.2) is 4.39 Å². The number of aryl methyl sites for hydroxylation is 2. The van der Waals surface area contributed by atoms with Crippen molar-refractivity contribution in [1.82, 2.24) is 10.1 Å². The first-order valence-corrected chi connectivity index (χ1v) is 4.23. The van der Waals surface area contributed by atoms with Gasteiger partial charge >= 0.3 is 0 Å². The minimum atomic E-state index is -0.296. The van der Waals surface area contributed by atoms with Crippen molar-refractivity contribution in [3.05, 3.63) is 35.4 Å². The van der Waals surface area contributed by atoms with E-state index in [0.717, 1.165) is 5.56 Å². The summed E-state index contributed by atoms with van der Waals surface area (Å²) in [5, 5.41) is 3.64. The summed E-state index contributed by atoms with van der Waals surface area (Å²) in [5.74, 6) is 0.600. The van der Waals surface area contributed by atoms with Crippen LogP contribution in [0, 0.1) is 19.7 Å². The van der Waals surface area contributed by atoms with E-state index in [1.54, 1.807) is 13.0 Å². The molecule has 0 fully saturated rings. The zero-order valence-corrected chi connectivity index (χ0v) is 7.91. The molecule has 4 heteroatoms. The SMILES string of the molecule is Cc1cc(F)cc(-c2nc(C)no2)c1. The Balaban J connectivity index is 2.51. The third kappa shape index (κ3) is 1.64. The molecule has 0 atom stereocenters. The molecule has 14 heavy (non-hydrogen) atoms. The van der Waals surface area contributed by atoms with Crippen LogP contribution in [0.25, 0.3) is 11.5 Å². The van der Waals surface area contributed by atoms with Crippen molar-refractivity contribution >= 4 is 0 Å². The lowest BCUT2D eigenvalue weighted by Crippen LogP contribution is -1.83. The van der Waals surface area contributed by atoms with Crippen LogP contribution >= 0.6 is 0 Å². The molecule has 0 unspecified atom stereocenters. The third-order valence-corrected chi connectivity index (χ3v) is 1.82. The van der Waals surface area contributed by atoms with Crippen molar-refractivity contribution in [3.8, 4) is 11.5 Å². The number of halogens is 1. The van der Waals surface area contributed by atoms with Gasteiger partial charge in [-0.3, -0.25) is 0 Å². The highest BCUT2D eigenvalue weighted by molar-refractivity contribution is 5.54. The van der Waals surface area contributed by atoms with E-state index in [-0.39, 0.29) is 5.82 Å². The number of aromatic nitrogens is 2. The molecular weight excluding hydrogens is 183 g/mol. The molecule has 0 radical (unpaired) electrons. The number of nitrogens with zero attached hydrogens (tertiary/aromatic N) is 2. The Morgan fingerprint density at radius 2 is 2.00 bits per heavy atom. The molecule has 1 heterocycles. The zero-order valence-electron chi connectivity index (χ0n) is 7.91. The van der Waals surface area contributed by atoms with E-state index in [0.29, 0.717) is 17.3 Å². The summed E-state index contributed by atoms with van der Waals surface area (Å²) < 4.78 is 18.0. The van der Waals surface area contributed by atoms with Gasteiger partial charge in [-0.15, -0.1) is 0 Å². The van der Waals surface area contributed by atoms with E-state index in [4.69, 9.17) is 4.52 Å². The molecule has 1 aromatic heterocycles. The number of hydrogen-bond donors (Lipinski definition) is 0. The van der Waals surface area contributed by atoms with E-state index >= 15 is 0 Å². The Labute approximate surface area is 80.6 Å². The maximum atomic E-state index is 13.0. The standard InChI is InChI=1S/C10H9FN2O/c1-6-3-8(5-9(11)4-6)10-12-7(2)13-14-10/h3-5H,1-2H3. The molecule has 3 nitrogen and oxygen atoms in total. The molecule has 2 rings (SSSR count). The second kappa shape index (κ2) is 3.21. The number of benzene rings is 1. The second-order valence-electron chi connectivity index (χ2n) is 3.16. The highest BCUT2D eigenvalue weighted by Crippen LogP contribution is 2.19. The highest BCUT2D eigenvalue weighted by atomic mass is 19.1. The average molecular weight is 192 g/mol. The molecule has 0 bridgehead atoms.